The van der Waals surface area contributed by atoms with Crippen molar-refractivity contribution in [2.45, 2.75) is 44.6 Å². The highest BCUT2D eigenvalue weighted by Crippen LogP contribution is 2.55. The van der Waals surface area contributed by atoms with Crippen LogP contribution in [0.1, 0.15) is 38.5 Å². The Morgan fingerprint density at radius 2 is 2.00 bits per heavy atom. The molecule has 1 nitrogen and oxygen atoms in total. The van der Waals surface area contributed by atoms with Gasteiger partial charge in [0, 0.05) is 6.04 Å². The van der Waals surface area contributed by atoms with Gasteiger partial charge in [0.1, 0.15) is 0 Å². The van der Waals surface area contributed by atoms with E-state index in [1.807, 2.05) is 6.08 Å². The van der Waals surface area contributed by atoms with E-state index in [9.17, 15) is 0 Å². The summed E-state index contributed by atoms with van der Waals surface area (Å²) in [5.41, 5.74) is 6.17. The fourth-order valence-electron chi connectivity index (χ4n) is 2.84. The molecule has 2 aliphatic carbocycles. The first-order chi connectivity index (χ1) is 6.31. The first kappa shape index (κ1) is 9.26. The summed E-state index contributed by atoms with van der Waals surface area (Å²) in [7, 11) is 0. The van der Waals surface area contributed by atoms with Crippen LogP contribution in [0.2, 0.25) is 0 Å². The molecule has 1 heteroatoms. The summed E-state index contributed by atoms with van der Waals surface area (Å²) >= 11 is 0. The van der Waals surface area contributed by atoms with Gasteiger partial charge in [0.05, 0.1) is 0 Å². The Hall–Kier alpha value is -0.300. The van der Waals surface area contributed by atoms with Crippen LogP contribution in [0.4, 0.5) is 0 Å². The van der Waals surface area contributed by atoms with Crippen molar-refractivity contribution in [3.8, 4) is 0 Å². The maximum atomic E-state index is 6.17. The van der Waals surface area contributed by atoms with Crippen LogP contribution in [0.3, 0.4) is 0 Å². The molecule has 2 N–H and O–H groups in total. The summed E-state index contributed by atoms with van der Waals surface area (Å²) in [4.78, 5) is 0. The second kappa shape index (κ2) is 3.83. The van der Waals surface area contributed by atoms with Crippen molar-refractivity contribution in [2.24, 2.45) is 23.5 Å². The Kier molecular flexibility index (Phi) is 2.73. The Balaban J connectivity index is 1.65. The largest absolute Gasteiger partial charge is 0.327 e. The Morgan fingerprint density at radius 3 is 2.62 bits per heavy atom. The van der Waals surface area contributed by atoms with Crippen LogP contribution in [0, 0.1) is 17.8 Å². The molecule has 0 aliphatic heterocycles. The van der Waals surface area contributed by atoms with Crippen molar-refractivity contribution in [3.05, 3.63) is 12.7 Å². The van der Waals surface area contributed by atoms with E-state index in [-0.39, 0.29) is 0 Å². The van der Waals surface area contributed by atoms with Crippen LogP contribution in [0.25, 0.3) is 0 Å². The van der Waals surface area contributed by atoms with Crippen molar-refractivity contribution >= 4 is 0 Å². The van der Waals surface area contributed by atoms with Gasteiger partial charge in [-0.15, -0.1) is 6.58 Å². The molecule has 2 aliphatic rings. The van der Waals surface area contributed by atoms with Crippen molar-refractivity contribution in [1.29, 1.82) is 0 Å². The van der Waals surface area contributed by atoms with Gasteiger partial charge in [0.15, 0.2) is 0 Å². The molecule has 2 fully saturated rings. The SMILES string of the molecule is C=CCCCC(N)C1CC2CC2C1. The van der Waals surface area contributed by atoms with E-state index in [4.69, 9.17) is 5.73 Å². The third-order valence-corrected chi connectivity index (χ3v) is 3.83. The predicted molar refractivity (Wildman–Crippen MR) is 56.3 cm³/mol. The number of hydrogen-bond donors (Lipinski definition) is 1. The summed E-state index contributed by atoms with van der Waals surface area (Å²) in [6.07, 6.45) is 9.94. The first-order valence-electron chi connectivity index (χ1n) is 5.67. The van der Waals surface area contributed by atoms with Crippen LogP contribution < -0.4 is 5.73 Å². The van der Waals surface area contributed by atoms with Crippen LogP contribution in [-0.4, -0.2) is 6.04 Å². The van der Waals surface area contributed by atoms with Gasteiger partial charge in [-0.2, -0.15) is 0 Å². The van der Waals surface area contributed by atoms with E-state index >= 15 is 0 Å². The molecule has 0 heterocycles. The summed E-state index contributed by atoms with van der Waals surface area (Å²) in [6, 6.07) is 0.479. The van der Waals surface area contributed by atoms with Gasteiger partial charge in [-0.05, 0) is 56.3 Å². The minimum Gasteiger partial charge on any atom is -0.327 e. The molecule has 13 heavy (non-hydrogen) atoms. The minimum absolute atomic E-state index is 0.479. The standard InChI is InChI=1S/C12H21N/c1-2-3-4-5-12(13)11-7-9-6-10(9)8-11/h2,9-12H,1,3-8,13H2. The fraction of sp³-hybridized carbons (Fsp3) is 0.833. The third-order valence-electron chi connectivity index (χ3n) is 3.83. The number of nitrogens with two attached hydrogens (primary N) is 1. The van der Waals surface area contributed by atoms with Crippen molar-refractivity contribution in [1.82, 2.24) is 0 Å². The molecule has 0 saturated heterocycles. The predicted octanol–water partition coefficient (Wildman–Crippen LogP) is 2.72. The van der Waals surface area contributed by atoms with Gasteiger partial charge in [-0.1, -0.05) is 6.08 Å². The highest BCUT2D eigenvalue weighted by Gasteiger charge is 2.46. The normalized spacial score (nSPS) is 38.4. The lowest BCUT2D eigenvalue weighted by Crippen LogP contribution is -2.29. The summed E-state index contributed by atoms with van der Waals surface area (Å²) < 4.78 is 0. The molecule has 0 aromatic carbocycles. The van der Waals surface area contributed by atoms with Crippen molar-refractivity contribution in [3.63, 3.8) is 0 Å². The zero-order valence-corrected chi connectivity index (χ0v) is 8.41. The lowest BCUT2D eigenvalue weighted by Gasteiger charge is -2.20. The highest BCUT2D eigenvalue weighted by atomic mass is 14.7. The monoisotopic (exact) mass is 179 g/mol. The lowest BCUT2D eigenvalue weighted by atomic mass is 9.91. The number of allylic oxidation sites excluding steroid dienone is 1. The maximum Gasteiger partial charge on any atom is 0.00674 e. The Morgan fingerprint density at radius 1 is 1.31 bits per heavy atom. The molecule has 0 aromatic rings. The average Bonchev–Trinajstić information content (AvgIpc) is 2.74. The van der Waals surface area contributed by atoms with E-state index in [0.29, 0.717) is 6.04 Å². The quantitative estimate of drug-likeness (QED) is 0.509. The van der Waals surface area contributed by atoms with E-state index in [2.05, 4.69) is 6.58 Å². The number of fused-ring (bicyclic) bond motifs is 1. The first-order valence-corrected chi connectivity index (χ1v) is 5.67. The smallest absolute Gasteiger partial charge is 0.00674 e. The number of rotatable bonds is 5. The van der Waals surface area contributed by atoms with Crippen LogP contribution in [-0.2, 0) is 0 Å². The van der Waals surface area contributed by atoms with Gasteiger partial charge in [-0.25, -0.2) is 0 Å². The minimum atomic E-state index is 0.479. The topological polar surface area (TPSA) is 26.0 Å². The van der Waals surface area contributed by atoms with Gasteiger partial charge < -0.3 is 5.73 Å². The molecule has 74 valence electrons. The van der Waals surface area contributed by atoms with Gasteiger partial charge in [0.25, 0.3) is 0 Å². The van der Waals surface area contributed by atoms with E-state index in [1.165, 1.54) is 32.1 Å². The Bertz CT molecular complexity index is 178. The third kappa shape index (κ3) is 2.14. The summed E-state index contributed by atoms with van der Waals surface area (Å²) in [5.74, 6) is 3.01. The fourth-order valence-corrected chi connectivity index (χ4v) is 2.84. The lowest BCUT2D eigenvalue weighted by molar-refractivity contribution is 0.372. The van der Waals surface area contributed by atoms with E-state index in [0.717, 1.165) is 24.2 Å². The molecule has 3 atom stereocenters. The summed E-state index contributed by atoms with van der Waals surface area (Å²) in [6.45, 7) is 3.73. The maximum absolute atomic E-state index is 6.17. The molecular formula is C12H21N. The average molecular weight is 179 g/mol. The molecule has 0 bridgehead atoms. The van der Waals surface area contributed by atoms with Gasteiger partial charge in [0.2, 0.25) is 0 Å². The molecule has 2 rings (SSSR count). The highest BCUT2D eigenvalue weighted by molar-refractivity contribution is 4.98. The Labute approximate surface area is 81.4 Å². The molecule has 3 unspecified atom stereocenters. The number of hydrogen-bond acceptors (Lipinski definition) is 1. The van der Waals surface area contributed by atoms with Crippen LogP contribution in [0.5, 0.6) is 0 Å². The molecule has 0 amide bonds. The van der Waals surface area contributed by atoms with Gasteiger partial charge in [-0.3, -0.25) is 0 Å². The van der Waals surface area contributed by atoms with E-state index < -0.39 is 0 Å². The molecule has 0 radical (unpaired) electrons. The number of unbranched alkanes of at least 4 members (excludes halogenated alkanes) is 1. The van der Waals surface area contributed by atoms with Crippen molar-refractivity contribution < 1.29 is 0 Å². The summed E-state index contributed by atoms with van der Waals surface area (Å²) in [5, 5.41) is 0. The molecule has 0 spiro atoms. The van der Waals surface area contributed by atoms with Crippen LogP contribution >= 0.6 is 0 Å². The van der Waals surface area contributed by atoms with Crippen molar-refractivity contribution in [2.75, 3.05) is 0 Å². The molecule has 2 saturated carbocycles. The van der Waals surface area contributed by atoms with E-state index in [1.54, 1.807) is 0 Å². The second-order valence-electron chi connectivity index (χ2n) is 4.87. The van der Waals surface area contributed by atoms with Crippen LogP contribution in [0.15, 0.2) is 12.7 Å². The molecule has 0 aromatic heterocycles. The molecular weight excluding hydrogens is 158 g/mol. The van der Waals surface area contributed by atoms with Gasteiger partial charge >= 0.3 is 0 Å². The second-order valence-corrected chi connectivity index (χ2v) is 4.87. The zero-order valence-electron chi connectivity index (χ0n) is 8.41. The zero-order chi connectivity index (χ0) is 9.26.